The van der Waals surface area contributed by atoms with Crippen LogP contribution in [-0.4, -0.2) is 11.2 Å². The molecule has 1 fully saturated rings. The number of carbonyl (C=O) groups is 1. The molecule has 0 spiro atoms. The van der Waals surface area contributed by atoms with Crippen LogP contribution >= 0.6 is 11.6 Å². The summed E-state index contributed by atoms with van der Waals surface area (Å²) < 4.78 is 0. The van der Waals surface area contributed by atoms with Crippen molar-refractivity contribution in [3.8, 4) is 0 Å². The highest BCUT2D eigenvalue weighted by Crippen LogP contribution is 2.29. The molecule has 2 heteroatoms. The summed E-state index contributed by atoms with van der Waals surface area (Å²) in [4.78, 5) is 10.8. The Hall–Kier alpha value is -0.0400. The fourth-order valence-electron chi connectivity index (χ4n) is 1.88. The van der Waals surface area contributed by atoms with Crippen molar-refractivity contribution in [2.75, 3.05) is 0 Å². The van der Waals surface area contributed by atoms with E-state index in [1.165, 1.54) is 25.7 Å². The first-order valence-electron chi connectivity index (χ1n) is 4.84. The number of ketones is 1. The molecule has 70 valence electrons. The molecule has 1 rings (SSSR count). The SMILES string of the molecule is CC(=O)C(Cl)CCC1CCCC1. The maximum absolute atomic E-state index is 10.8. The summed E-state index contributed by atoms with van der Waals surface area (Å²) in [6.07, 6.45) is 7.47. The zero-order valence-corrected chi connectivity index (χ0v) is 8.44. The van der Waals surface area contributed by atoms with Crippen LogP contribution in [0.3, 0.4) is 0 Å². The Morgan fingerprint density at radius 2 is 2.08 bits per heavy atom. The predicted molar refractivity (Wildman–Crippen MR) is 51.5 cm³/mol. The summed E-state index contributed by atoms with van der Waals surface area (Å²) in [5.41, 5.74) is 0. The van der Waals surface area contributed by atoms with Gasteiger partial charge in [-0.15, -0.1) is 11.6 Å². The Bertz CT molecular complexity index is 150. The number of carbonyl (C=O) groups excluding carboxylic acids is 1. The van der Waals surface area contributed by atoms with E-state index in [1.807, 2.05) is 0 Å². The molecule has 0 bridgehead atoms. The normalized spacial score (nSPS) is 21.2. The Labute approximate surface area is 79.5 Å². The molecule has 0 aromatic carbocycles. The maximum atomic E-state index is 10.8. The van der Waals surface area contributed by atoms with E-state index in [0.717, 1.165) is 18.8 Å². The molecule has 1 nitrogen and oxygen atoms in total. The monoisotopic (exact) mass is 188 g/mol. The van der Waals surface area contributed by atoms with Gasteiger partial charge in [0, 0.05) is 0 Å². The van der Waals surface area contributed by atoms with Crippen molar-refractivity contribution in [1.82, 2.24) is 0 Å². The van der Waals surface area contributed by atoms with Gasteiger partial charge in [0.15, 0.2) is 0 Å². The van der Waals surface area contributed by atoms with E-state index in [0.29, 0.717) is 0 Å². The van der Waals surface area contributed by atoms with E-state index in [1.54, 1.807) is 6.92 Å². The zero-order valence-electron chi connectivity index (χ0n) is 7.68. The van der Waals surface area contributed by atoms with E-state index in [4.69, 9.17) is 11.6 Å². The molecule has 1 saturated carbocycles. The van der Waals surface area contributed by atoms with Gasteiger partial charge in [-0.1, -0.05) is 25.7 Å². The second-order valence-electron chi connectivity index (χ2n) is 3.81. The molecule has 0 radical (unpaired) electrons. The first kappa shape index (κ1) is 10.0. The van der Waals surface area contributed by atoms with Crippen molar-refractivity contribution < 1.29 is 4.79 Å². The van der Waals surface area contributed by atoms with E-state index in [9.17, 15) is 4.79 Å². The summed E-state index contributed by atoms with van der Waals surface area (Å²) in [5, 5.41) is -0.231. The number of alkyl halides is 1. The molecule has 0 N–H and O–H groups in total. The smallest absolute Gasteiger partial charge is 0.147 e. The standard InChI is InChI=1S/C10H17ClO/c1-8(12)10(11)7-6-9-4-2-3-5-9/h9-10H,2-7H2,1H3. The summed E-state index contributed by atoms with van der Waals surface area (Å²) in [5.74, 6) is 0.972. The number of Topliss-reactive ketones (excluding diaryl/α,β-unsaturated/α-hetero) is 1. The first-order valence-corrected chi connectivity index (χ1v) is 5.28. The molecule has 1 atom stereocenters. The van der Waals surface area contributed by atoms with Crippen LogP contribution in [0.5, 0.6) is 0 Å². The van der Waals surface area contributed by atoms with Crippen LogP contribution in [0, 0.1) is 5.92 Å². The first-order chi connectivity index (χ1) is 5.70. The highest BCUT2D eigenvalue weighted by molar-refractivity contribution is 6.30. The van der Waals surface area contributed by atoms with E-state index >= 15 is 0 Å². The summed E-state index contributed by atoms with van der Waals surface area (Å²) in [6.45, 7) is 1.58. The minimum absolute atomic E-state index is 0.120. The van der Waals surface area contributed by atoms with Gasteiger partial charge in [-0.05, 0) is 25.7 Å². The average Bonchev–Trinajstić information content (AvgIpc) is 2.51. The Balaban J connectivity index is 2.11. The molecule has 1 aliphatic carbocycles. The average molecular weight is 189 g/mol. The minimum atomic E-state index is -0.231. The highest BCUT2D eigenvalue weighted by Gasteiger charge is 2.17. The Kier molecular flexibility index (Phi) is 4.07. The van der Waals surface area contributed by atoms with E-state index in [2.05, 4.69) is 0 Å². The zero-order chi connectivity index (χ0) is 8.97. The summed E-state index contributed by atoms with van der Waals surface area (Å²) in [6, 6.07) is 0. The minimum Gasteiger partial charge on any atom is -0.298 e. The van der Waals surface area contributed by atoms with Gasteiger partial charge in [0.1, 0.15) is 5.78 Å². The van der Waals surface area contributed by atoms with Crippen LogP contribution in [0.25, 0.3) is 0 Å². The molecule has 0 aromatic rings. The van der Waals surface area contributed by atoms with Crippen LogP contribution in [0.1, 0.15) is 45.4 Å². The molecule has 0 amide bonds. The quantitative estimate of drug-likeness (QED) is 0.620. The fraction of sp³-hybridized carbons (Fsp3) is 0.900. The van der Waals surface area contributed by atoms with Gasteiger partial charge in [0.05, 0.1) is 5.38 Å². The van der Waals surface area contributed by atoms with Crippen molar-refractivity contribution in [2.24, 2.45) is 5.92 Å². The highest BCUT2D eigenvalue weighted by atomic mass is 35.5. The van der Waals surface area contributed by atoms with Gasteiger partial charge in [-0.3, -0.25) is 4.79 Å². The van der Waals surface area contributed by atoms with Gasteiger partial charge in [0.2, 0.25) is 0 Å². The topological polar surface area (TPSA) is 17.1 Å². The van der Waals surface area contributed by atoms with Crippen LogP contribution in [0.15, 0.2) is 0 Å². The van der Waals surface area contributed by atoms with Crippen molar-refractivity contribution >= 4 is 17.4 Å². The molecule has 0 aliphatic heterocycles. The lowest BCUT2D eigenvalue weighted by molar-refractivity contribution is -0.116. The van der Waals surface area contributed by atoms with Gasteiger partial charge >= 0.3 is 0 Å². The van der Waals surface area contributed by atoms with Crippen molar-refractivity contribution in [2.45, 2.75) is 50.8 Å². The van der Waals surface area contributed by atoms with Gasteiger partial charge in [-0.25, -0.2) is 0 Å². The van der Waals surface area contributed by atoms with Crippen LogP contribution in [0.2, 0.25) is 0 Å². The van der Waals surface area contributed by atoms with Gasteiger partial charge < -0.3 is 0 Å². The van der Waals surface area contributed by atoms with Crippen LogP contribution in [0.4, 0.5) is 0 Å². The number of hydrogen-bond donors (Lipinski definition) is 0. The van der Waals surface area contributed by atoms with Crippen molar-refractivity contribution in [3.05, 3.63) is 0 Å². The number of halogens is 1. The lowest BCUT2D eigenvalue weighted by Gasteiger charge is -2.10. The van der Waals surface area contributed by atoms with Gasteiger partial charge in [0.25, 0.3) is 0 Å². The van der Waals surface area contributed by atoms with Crippen molar-refractivity contribution in [3.63, 3.8) is 0 Å². The summed E-state index contributed by atoms with van der Waals surface area (Å²) >= 11 is 5.84. The molecule has 1 unspecified atom stereocenters. The van der Waals surface area contributed by atoms with Crippen LogP contribution < -0.4 is 0 Å². The predicted octanol–water partition coefficient (Wildman–Crippen LogP) is 3.15. The molecule has 0 heterocycles. The lowest BCUT2D eigenvalue weighted by atomic mass is 10.00. The third-order valence-corrected chi connectivity index (χ3v) is 3.27. The Morgan fingerprint density at radius 3 is 2.58 bits per heavy atom. The number of rotatable bonds is 4. The third kappa shape index (κ3) is 3.14. The lowest BCUT2D eigenvalue weighted by Crippen LogP contribution is -2.11. The van der Waals surface area contributed by atoms with E-state index < -0.39 is 0 Å². The molecule has 1 aliphatic rings. The number of hydrogen-bond acceptors (Lipinski definition) is 1. The molecule has 12 heavy (non-hydrogen) atoms. The maximum Gasteiger partial charge on any atom is 0.147 e. The molecular formula is C10H17ClO. The molecular weight excluding hydrogens is 172 g/mol. The second kappa shape index (κ2) is 4.86. The molecule has 0 saturated heterocycles. The second-order valence-corrected chi connectivity index (χ2v) is 4.33. The van der Waals surface area contributed by atoms with Crippen LogP contribution in [-0.2, 0) is 4.79 Å². The largest absolute Gasteiger partial charge is 0.298 e. The van der Waals surface area contributed by atoms with Crippen molar-refractivity contribution in [1.29, 1.82) is 0 Å². The Morgan fingerprint density at radius 1 is 1.50 bits per heavy atom. The van der Waals surface area contributed by atoms with E-state index in [-0.39, 0.29) is 11.2 Å². The molecule has 0 aromatic heterocycles. The fourth-order valence-corrected chi connectivity index (χ4v) is 2.01. The summed E-state index contributed by atoms with van der Waals surface area (Å²) in [7, 11) is 0. The third-order valence-electron chi connectivity index (χ3n) is 2.74. The van der Waals surface area contributed by atoms with Gasteiger partial charge in [-0.2, -0.15) is 0 Å².